The van der Waals surface area contributed by atoms with Crippen LogP contribution in [-0.4, -0.2) is 38.7 Å². The molecule has 8 nitrogen and oxygen atoms in total. The van der Waals surface area contributed by atoms with Gasteiger partial charge in [-0.3, -0.25) is 10.1 Å². The Bertz CT molecular complexity index is 911. The molecule has 0 saturated carbocycles. The Kier molecular flexibility index (Phi) is 8.43. The van der Waals surface area contributed by atoms with Gasteiger partial charge in [-0.05, 0) is 24.6 Å². The molecule has 30 heavy (non-hydrogen) atoms. The number of carbonyl (C=O) groups is 3. The predicted octanol–water partition coefficient (Wildman–Crippen LogP) is 2.85. The van der Waals surface area contributed by atoms with Crippen LogP contribution in [0.4, 0.5) is 4.79 Å². The zero-order chi connectivity index (χ0) is 21.9. The Morgan fingerprint density at radius 3 is 2.43 bits per heavy atom. The van der Waals surface area contributed by atoms with Crippen LogP contribution in [0.3, 0.4) is 0 Å². The molecule has 0 spiro atoms. The molecule has 0 aliphatic carbocycles. The second-order valence-corrected chi connectivity index (χ2v) is 6.05. The van der Waals surface area contributed by atoms with Crippen molar-refractivity contribution in [3.8, 4) is 11.5 Å². The summed E-state index contributed by atoms with van der Waals surface area (Å²) in [6.07, 6.45) is 2.48. The van der Waals surface area contributed by atoms with E-state index in [0.29, 0.717) is 17.1 Å². The molecule has 3 amide bonds. The van der Waals surface area contributed by atoms with Gasteiger partial charge in [0.2, 0.25) is 6.10 Å². The molecule has 0 aliphatic rings. The third-order valence-electron chi connectivity index (χ3n) is 3.95. The smallest absolute Gasteiger partial charge is 0.345 e. The van der Waals surface area contributed by atoms with Crippen molar-refractivity contribution in [3.63, 3.8) is 0 Å². The Morgan fingerprint density at radius 1 is 1.07 bits per heavy atom. The summed E-state index contributed by atoms with van der Waals surface area (Å²) in [7, 11) is 2.86. The van der Waals surface area contributed by atoms with Crippen molar-refractivity contribution in [1.29, 1.82) is 0 Å². The van der Waals surface area contributed by atoms with Gasteiger partial charge in [-0.25, -0.2) is 9.59 Å². The van der Waals surface area contributed by atoms with Crippen molar-refractivity contribution in [2.24, 2.45) is 0 Å². The number of urea groups is 1. The molecule has 2 N–H and O–H groups in total. The van der Waals surface area contributed by atoms with E-state index in [9.17, 15) is 14.4 Å². The van der Waals surface area contributed by atoms with Crippen LogP contribution in [0.15, 0.2) is 54.6 Å². The van der Waals surface area contributed by atoms with Gasteiger partial charge in [0, 0.05) is 12.6 Å². The molecule has 8 heteroatoms. The Morgan fingerprint density at radius 2 is 1.80 bits per heavy atom. The van der Waals surface area contributed by atoms with Crippen LogP contribution in [0.5, 0.6) is 11.5 Å². The van der Waals surface area contributed by atoms with E-state index in [4.69, 9.17) is 14.2 Å². The van der Waals surface area contributed by atoms with Crippen molar-refractivity contribution in [1.82, 2.24) is 10.6 Å². The highest BCUT2D eigenvalue weighted by Gasteiger charge is 2.26. The summed E-state index contributed by atoms with van der Waals surface area (Å²) >= 11 is 0. The molecule has 0 heterocycles. The minimum atomic E-state index is -1.31. The number of amides is 3. The number of hydrogen-bond acceptors (Lipinski definition) is 6. The molecule has 0 aliphatic heterocycles. The Hall–Kier alpha value is -3.81. The van der Waals surface area contributed by atoms with E-state index in [1.54, 1.807) is 42.5 Å². The van der Waals surface area contributed by atoms with Gasteiger partial charge < -0.3 is 19.5 Å². The molecule has 0 saturated heterocycles. The zero-order valence-corrected chi connectivity index (χ0v) is 17.0. The van der Waals surface area contributed by atoms with Crippen molar-refractivity contribution in [3.05, 3.63) is 65.7 Å². The topological polar surface area (TPSA) is 103 Å². The predicted molar refractivity (Wildman–Crippen MR) is 111 cm³/mol. The highest BCUT2D eigenvalue weighted by atomic mass is 16.6. The molecule has 0 aromatic heterocycles. The van der Waals surface area contributed by atoms with Crippen molar-refractivity contribution in [2.45, 2.75) is 13.0 Å². The standard InChI is InChI=1S/C22H24N2O6/c1-4-8-15-11-12-17(18(13-15)28-3)29-14-19(25)30-20(16-9-6-5-7-10-16)21(26)24-22(27)23-2/h4-13,20H,14H2,1-3H3,(H2,23,24,26,27)/b8-4+/t20-/m1/s1. The first-order valence-electron chi connectivity index (χ1n) is 9.19. The van der Waals surface area contributed by atoms with Gasteiger partial charge in [-0.15, -0.1) is 0 Å². The Labute approximate surface area is 174 Å². The first-order chi connectivity index (χ1) is 14.5. The van der Waals surface area contributed by atoms with Gasteiger partial charge in [0.05, 0.1) is 7.11 Å². The molecule has 0 bridgehead atoms. The first-order valence-corrected chi connectivity index (χ1v) is 9.19. The monoisotopic (exact) mass is 412 g/mol. The molecule has 158 valence electrons. The lowest BCUT2D eigenvalue weighted by molar-refractivity contribution is -0.158. The van der Waals surface area contributed by atoms with Gasteiger partial charge >= 0.3 is 12.0 Å². The van der Waals surface area contributed by atoms with Crippen LogP contribution in [0.25, 0.3) is 6.08 Å². The van der Waals surface area contributed by atoms with Crippen molar-refractivity contribution >= 4 is 24.0 Å². The summed E-state index contributed by atoms with van der Waals surface area (Å²) < 4.78 is 16.1. The normalized spacial score (nSPS) is 11.4. The van der Waals surface area contributed by atoms with E-state index >= 15 is 0 Å². The van der Waals surface area contributed by atoms with Gasteiger partial charge in [-0.2, -0.15) is 0 Å². The molecule has 2 rings (SSSR count). The first kappa shape index (κ1) is 22.5. The number of rotatable bonds is 8. The van der Waals surface area contributed by atoms with E-state index in [-0.39, 0.29) is 0 Å². The Balaban J connectivity index is 2.09. The highest BCUT2D eigenvalue weighted by molar-refractivity contribution is 5.97. The second-order valence-electron chi connectivity index (χ2n) is 6.05. The largest absolute Gasteiger partial charge is 0.493 e. The maximum Gasteiger partial charge on any atom is 0.345 e. The van der Waals surface area contributed by atoms with Crippen LogP contribution in [0, 0.1) is 0 Å². The summed E-state index contributed by atoms with van der Waals surface area (Å²) in [6, 6.07) is 12.9. The minimum absolute atomic E-state index is 0.355. The molecular weight excluding hydrogens is 388 g/mol. The average molecular weight is 412 g/mol. The van der Waals surface area contributed by atoms with Gasteiger partial charge in [0.25, 0.3) is 5.91 Å². The van der Waals surface area contributed by atoms with Crippen molar-refractivity contribution in [2.75, 3.05) is 20.8 Å². The number of nitrogens with one attached hydrogen (secondary N) is 2. The van der Waals surface area contributed by atoms with Crippen LogP contribution in [0.2, 0.25) is 0 Å². The minimum Gasteiger partial charge on any atom is -0.493 e. The number of benzene rings is 2. The quantitative estimate of drug-likeness (QED) is 0.647. The van der Waals surface area contributed by atoms with Gasteiger partial charge in [0.15, 0.2) is 18.1 Å². The molecule has 0 fully saturated rings. The van der Waals surface area contributed by atoms with Gasteiger partial charge in [-0.1, -0.05) is 48.6 Å². The lowest BCUT2D eigenvalue weighted by Gasteiger charge is -2.18. The molecule has 1 atom stereocenters. The van der Waals surface area contributed by atoms with E-state index < -0.39 is 30.6 Å². The fourth-order valence-corrected chi connectivity index (χ4v) is 2.54. The zero-order valence-electron chi connectivity index (χ0n) is 17.0. The van der Waals surface area contributed by atoms with E-state index in [1.165, 1.54) is 14.2 Å². The molecule has 2 aromatic rings. The average Bonchev–Trinajstić information content (AvgIpc) is 2.77. The number of carbonyl (C=O) groups excluding carboxylic acids is 3. The number of hydrogen-bond donors (Lipinski definition) is 2. The molecule has 2 aromatic carbocycles. The van der Waals surface area contributed by atoms with Crippen LogP contribution >= 0.6 is 0 Å². The van der Waals surface area contributed by atoms with E-state index in [0.717, 1.165) is 5.56 Å². The van der Waals surface area contributed by atoms with Crippen molar-refractivity contribution < 1.29 is 28.6 Å². The second kappa shape index (κ2) is 11.3. The maximum atomic E-state index is 12.4. The molecule has 0 radical (unpaired) electrons. The number of imide groups is 1. The summed E-state index contributed by atoms with van der Waals surface area (Å²) in [4.78, 5) is 36.2. The third-order valence-corrected chi connectivity index (χ3v) is 3.95. The van der Waals surface area contributed by atoms with E-state index in [1.807, 2.05) is 25.1 Å². The molecule has 0 unspecified atom stereocenters. The highest BCUT2D eigenvalue weighted by Crippen LogP contribution is 2.28. The summed E-state index contributed by atoms with van der Waals surface area (Å²) in [6.45, 7) is 1.45. The number of ether oxygens (including phenoxy) is 3. The maximum absolute atomic E-state index is 12.4. The van der Waals surface area contributed by atoms with Crippen LogP contribution < -0.4 is 20.1 Å². The fourth-order valence-electron chi connectivity index (χ4n) is 2.54. The van der Waals surface area contributed by atoms with E-state index in [2.05, 4.69) is 10.6 Å². The SMILES string of the molecule is C/C=C/c1ccc(OCC(=O)O[C@@H](C(=O)NC(=O)NC)c2ccccc2)c(OC)c1. The lowest BCUT2D eigenvalue weighted by Crippen LogP contribution is -2.41. The number of methoxy groups -OCH3 is 1. The lowest BCUT2D eigenvalue weighted by atomic mass is 10.1. The summed E-state index contributed by atoms with van der Waals surface area (Å²) in [5, 5.41) is 4.38. The van der Waals surface area contributed by atoms with Crippen LogP contribution in [-0.2, 0) is 14.3 Å². The summed E-state index contributed by atoms with van der Waals surface area (Å²) in [5.74, 6) is -0.748. The third kappa shape index (κ3) is 6.37. The number of allylic oxidation sites excluding steroid dienone is 1. The summed E-state index contributed by atoms with van der Waals surface area (Å²) in [5.41, 5.74) is 1.33. The number of esters is 1. The fraction of sp³-hybridized carbons (Fsp3) is 0.227. The van der Waals surface area contributed by atoms with Crippen LogP contribution in [0.1, 0.15) is 24.2 Å². The molecular formula is C22H24N2O6. The van der Waals surface area contributed by atoms with Gasteiger partial charge in [0.1, 0.15) is 0 Å².